The molecule has 0 aromatic rings. The van der Waals surface area contributed by atoms with Gasteiger partial charge in [0.25, 0.3) is 0 Å². The van der Waals surface area contributed by atoms with E-state index in [1.807, 2.05) is 0 Å². The Hall–Kier alpha value is -0.120. The molecule has 0 aromatic heterocycles. The van der Waals surface area contributed by atoms with Gasteiger partial charge in [-0.2, -0.15) is 0 Å². The van der Waals surface area contributed by atoms with Gasteiger partial charge in [-0.1, -0.05) is 20.3 Å². The van der Waals surface area contributed by atoms with Gasteiger partial charge in [0, 0.05) is 25.2 Å². The fourth-order valence-corrected chi connectivity index (χ4v) is 4.34. The van der Waals surface area contributed by atoms with Crippen LogP contribution >= 0.6 is 0 Å². The van der Waals surface area contributed by atoms with Crippen LogP contribution < -0.4 is 5.32 Å². The monoisotopic (exact) mass is 296 g/mol. The maximum Gasteiger partial charge on any atom is 0.0702 e. The predicted molar refractivity (Wildman–Crippen MR) is 89.7 cm³/mol. The van der Waals surface area contributed by atoms with Crippen LogP contribution in [0.15, 0.2) is 0 Å². The van der Waals surface area contributed by atoms with E-state index in [1.54, 1.807) is 0 Å². The van der Waals surface area contributed by atoms with E-state index in [1.165, 1.54) is 51.6 Å². The highest BCUT2D eigenvalue weighted by Gasteiger charge is 2.34. The third kappa shape index (κ3) is 4.67. The highest BCUT2D eigenvalue weighted by Crippen LogP contribution is 2.33. The van der Waals surface area contributed by atoms with Crippen LogP contribution in [0.25, 0.3) is 0 Å². The normalized spacial score (nSPS) is 37.3. The Labute approximate surface area is 131 Å². The number of ether oxygens (including phenoxy) is 1. The zero-order valence-electron chi connectivity index (χ0n) is 14.6. The minimum absolute atomic E-state index is 0.405. The van der Waals surface area contributed by atoms with Crippen LogP contribution in [-0.4, -0.2) is 49.8 Å². The summed E-state index contributed by atoms with van der Waals surface area (Å²) in [6.45, 7) is 10.2. The van der Waals surface area contributed by atoms with Gasteiger partial charge in [0.15, 0.2) is 0 Å². The number of nitrogens with one attached hydrogen (secondary N) is 1. The Morgan fingerprint density at radius 1 is 1.19 bits per heavy atom. The summed E-state index contributed by atoms with van der Waals surface area (Å²) < 4.78 is 5.75. The molecule has 3 nitrogen and oxygen atoms in total. The van der Waals surface area contributed by atoms with Gasteiger partial charge in [-0.15, -0.1) is 0 Å². The fraction of sp³-hybridized carbons (Fsp3) is 1.00. The molecule has 1 saturated heterocycles. The molecule has 0 aromatic carbocycles. The summed E-state index contributed by atoms with van der Waals surface area (Å²) in [6, 6.07) is 1.35. The molecule has 0 spiro atoms. The summed E-state index contributed by atoms with van der Waals surface area (Å²) in [5.74, 6) is 1.76. The van der Waals surface area contributed by atoms with Crippen molar-refractivity contribution in [2.75, 3.05) is 26.7 Å². The molecule has 5 unspecified atom stereocenters. The van der Waals surface area contributed by atoms with Crippen LogP contribution in [0.3, 0.4) is 0 Å². The molecule has 0 radical (unpaired) electrons. The van der Waals surface area contributed by atoms with Crippen LogP contribution in [-0.2, 0) is 4.74 Å². The summed E-state index contributed by atoms with van der Waals surface area (Å²) in [5, 5.41) is 3.82. The van der Waals surface area contributed by atoms with Gasteiger partial charge in [0.1, 0.15) is 0 Å². The van der Waals surface area contributed by atoms with E-state index in [0.29, 0.717) is 12.1 Å². The molecule has 0 amide bonds. The second-order valence-electron chi connectivity index (χ2n) is 7.28. The van der Waals surface area contributed by atoms with Crippen molar-refractivity contribution in [2.24, 2.45) is 11.8 Å². The number of hydrogen-bond acceptors (Lipinski definition) is 3. The molecular formula is C18H36N2O. The SMILES string of the molecule is CCCNC1CCC(CC)CC1CN(C)C1CCOC1C. The molecule has 124 valence electrons. The van der Waals surface area contributed by atoms with Crippen molar-refractivity contribution in [1.29, 1.82) is 0 Å². The van der Waals surface area contributed by atoms with Gasteiger partial charge in [0.2, 0.25) is 0 Å². The first-order chi connectivity index (χ1) is 10.2. The Bertz CT molecular complexity index is 297. The van der Waals surface area contributed by atoms with E-state index in [0.717, 1.165) is 24.5 Å². The van der Waals surface area contributed by atoms with E-state index in [-0.39, 0.29) is 0 Å². The van der Waals surface area contributed by atoms with Crippen LogP contribution in [0.5, 0.6) is 0 Å². The molecule has 2 rings (SSSR count). The highest BCUT2D eigenvalue weighted by atomic mass is 16.5. The summed E-state index contributed by atoms with van der Waals surface area (Å²) in [7, 11) is 2.31. The first-order valence-corrected chi connectivity index (χ1v) is 9.20. The average Bonchev–Trinajstić information content (AvgIpc) is 2.92. The molecule has 1 aliphatic carbocycles. The van der Waals surface area contributed by atoms with Crippen molar-refractivity contribution in [3.05, 3.63) is 0 Å². The van der Waals surface area contributed by atoms with Gasteiger partial charge in [-0.3, -0.25) is 0 Å². The molecule has 0 bridgehead atoms. The molecule has 3 heteroatoms. The molecule has 21 heavy (non-hydrogen) atoms. The molecule has 5 atom stereocenters. The van der Waals surface area contributed by atoms with Gasteiger partial charge in [-0.25, -0.2) is 0 Å². The Morgan fingerprint density at radius 2 is 2.00 bits per heavy atom. The lowest BCUT2D eigenvalue weighted by molar-refractivity contribution is 0.0667. The Kier molecular flexibility index (Phi) is 6.97. The lowest BCUT2D eigenvalue weighted by atomic mass is 9.76. The standard InChI is InChI=1S/C18H36N2O/c1-5-10-19-17-8-7-15(6-2)12-16(17)13-20(4)18-9-11-21-14(18)3/h14-19H,5-13H2,1-4H3. The first kappa shape index (κ1) is 17.2. The van der Waals surface area contributed by atoms with E-state index in [4.69, 9.17) is 4.74 Å². The second kappa shape index (κ2) is 8.50. The molecule has 1 N–H and O–H groups in total. The van der Waals surface area contributed by atoms with Gasteiger partial charge < -0.3 is 15.0 Å². The van der Waals surface area contributed by atoms with Gasteiger partial charge >= 0.3 is 0 Å². The smallest absolute Gasteiger partial charge is 0.0702 e. The van der Waals surface area contributed by atoms with Crippen molar-refractivity contribution in [3.8, 4) is 0 Å². The van der Waals surface area contributed by atoms with E-state index >= 15 is 0 Å². The average molecular weight is 296 g/mol. The summed E-state index contributed by atoms with van der Waals surface area (Å²) in [6.07, 6.45) is 8.39. The topological polar surface area (TPSA) is 24.5 Å². The molecular weight excluding hydrogens is 260 g/mol. The molecule has 1 heterocycles. The van der Waals surface area contributed by atoms with Gasteiger partial charge in [-0.05, 0) is 64.5 Å². The van der Waals surface area contributed by atoms with E-state index in [9.17, 15) is 0 Å². The second-order valence-corrected chi connectivity index (χ2v) is 7.28. The van der Waals surface area contributed by atoms with Crippen molar-refractivity contribution in [2.45, 2.75) is 77.5 Å². The molecule has 1 saturated carbocycles. The Morgan fingerprint density at radius 3 is 2.62 bits per heavy atom. The van der Waals surface area contributed by atoms with Crippen molar-refractivity contribution in [3.63, 3.8) is 0 Å². The number of hydrogen-bond donors (Lipinski definition) is 1. The third-order valence-corrected chi connectivity index (χ3v) is 5.75. The minimum atomic E-state index is 0.405. The van der Waals surface area contributed by atoms with E-state index in [2.05, 4.69) is 38.0 Å². The number of nitrogens with zero attached hydrogens (tertiary/aromatic N) is 1. The maximum atomic E-state index is 5.75. The van der Waals surface area contributed by atoms with Crippen LogP contribution in [0.1, 0.15) is 59.3 Å². The Balaban J connectivity index is 1.91. The third-order valence-electron chi connectivity index (χ3n) is 5.75. The minimum Gasteiger partial charge on any atom is -0.377 e. The predicted octanol–water partition coefficient (Wildman–Crippen LogP) is 3.29. The first-order valence-electron chi connectivity index (χ1n) is 9.20. The summed E-state index contributed by atoms with van der Waals surface area (Å²) in [4.78, 5) is 2.58. The fourth-order valence-electron chi connectivity index (χ4n) is 4.34. The molecule has 1 aliphatic heterocycles. The van der Waals surface area contributed by atoms with Crippen molar-refractivity contribution in [1.82, 2.24) is 10.2 Å². The quantitative estimate of drug-likeness (QED) is 0.780. The van der Waals surface area contributed by atoms with Crippen LogP contribution in [0.2, 0.25) is 0 Å². The lowest BCUT2D eigenvalue weighted by Crippen LogP contribution is -2.48. The lowest BCUT2D eigenvalue weighted by Gasteiger charge is -2.40. The van der Waals surface area contributed by atoms with Crippen molar-refractivity contribution >= 4 is 0 Å². The van der Waals surface area contributed by atoms with Crippen LogP contribution in [0, 0.1) is 11.8 Å². The molecule has 2 fully saturated rings. The maximum absolute atomic E-state index is 5.75. The van der Waals surface area contributed by atoms with Crippen LogP contribution in [0.4, 0.5) is 0 Å². The van der Waals surface area contributed by atoms with Crippen molar-refractivity contribution < 1.29 is 4.74 Å². The van der Waals surface area contributed by atoms with Gasteiger partial charge in [0.05, 0.1) is 6.10 Å². The van der Waals surface area contributed by atoms with E-state index < -0.39 is 0 Å². The summed E-state index contributed by atoms with van der Waals surface area (Å²) in [5.41, 5.74) is 0. The summed E-state index contributed by atoms with van der Waals surface area (Å²) >= 11 is 0. The molecule has 2 aliphatic rings. The largest absolute Gasteiger partial charge is 0.377 e. The zero-order valence-corrected chi connectivity index (χ0v) is 14.6. The number of likely N-dealkylation sites (N-methyl/N-ethyl adjacent to an activating group) is 1. The highest BCUT2D eigenvalue weighted by molar-refractivity contribution is 4.89. The number of rotatable bonds is 7. The zero-order chi connectivity index (χ0) is 15.2.